The summed E-state index contributed by atoms with van der Waals surface area (Å²) in [6.07, 6.45) is 1.42. The summed E-state index contributed by atoms with van der Waals surface area (Å²) in [5.74, 6) is -0.554. The van der Waals surface area contributed by atoms with Crippen LogP contribution < -0.4 is 16.4 Å². The first-order valence-electron chi connectivity index (χ1n) is 7.63. The molecular formula is C16H22N4O3. The third-order valence-electron chi connectivity index (χ3n) is 3.81. The maximum Gasteiger partial charge on any atom is 0.231 e. The number of benzene rings is 1. The summed E-state index contributed by atoms with van der Waals surface area (Å²) in [5, 5.41) is 5.56. The third-order valence-corrected chi connectivity index (χ3v) is 3.81. The fourth-order valence-electron chi connectivity index (χ4n) is 2.66. The lowest BCUT2D eigenvalue weighted by molar-refractivity contribution is -0.122. The quantitative estimate of drug-likeness (QED) is 0.746. The number of likely N-dealkylation sites (tertiary alicyclic amines) is 1. The van der Waals surface area contributed by atoms with Gasteiger partial charge in [-0.15, -0.1) is 0 Å². The normalized spacial score (nSPS) is 15.9. The second-order valence-electron chi connectivity index (χ2n) is 5.76. The van der Waals surface area contributed by atoms with Gasteiger partial charge in [-0.1, -0.05) is 0 Å². The van der Waals surface area contributed by atoms with E-state index in [0.29, 0.717) is 37.3 Å². The predicted molar refractivity (Wildman–Crippen MR) is 87.7 cm³/mol. The van der Waals surface area contributed by atoms with Crippen molar-refractivity contribution < 1.29 is 14.4 Å². The number of hydrogen-bond acceptors (Lipinski definition) is 4. The highest BCUT2D eigenvalue weighted by Crippen LogP contribution is 2.20. The largest absolute Gasteiger partial charge is 0.369 e. The van der Waals surface area contributed by atoms with Crippen LogP contribution in [0.5, 0.6) is 0 Å². The molecule has 0 spiro atoms. The van der Waals surface area contributed by atoms with E-state index in [1.54, 1.807) is 24.3 Å². The summed E-state index contributed by atoms with van der Waals surface area (Å²) < 4.78 is 0. The lowest BCUT2D eigenvalue weighted by Gasteiger charge is -2.30. The van der Waals surface area contributed by atoms with Gasteiger partial charge in [0.25, 0.3) is 0 Å². The van der Waals surface area contributed by atoms with Gasteiger partial charge < -0.3 is 16.4 Å². The molecule has 1 heterocycles. The van der Waals surface area contributed by atoms with E-state index in [2.05, 4.69) is 10.6 Å². The van der Waals surface area contributed by atoms with Crippen molar-refractivity contribution >= 4 is 29.1 Å². The van der Waals surface area contributed by atoms with Crippen LogP contribution in [0, 0.1) is 5.92 Å². The molecule has 0 bridgehead atoms. The topological polar surface area (TPSA) is 105 Å². The monoisotopic (exact) mass is 318 g/mol. The first kappa shape index (κ1) is 17.0. The Hall–Kier alpha value is -2.41. The van der Waals surface area contributed by atoms with Crippen LogP contribution in [0.3, 0.4) is 0 Å². The van der Waals surface area contributed by atoms with E-state index < -0.39 is 0 Å². The molecule has 124 valence electrons. The molecule has 3 amide bonds. The molecule has 2 rings (SSSR count). The van der Waals surface area contributed by atoms with Crippen molar-refractivity contribution in [3.8, 4) is 0 Å². The van der Waals surface area contributed by atoms with Crippen molar-refractivity contribution in [2.45, 2.75) is 19.8 Å². The SMILES string of the molecule is CC(=O)Nc1ccc(NC(=O)C2CCN(CC(N)=O)CC2)cc1. The number of piperidine rings is 1. The molecule has 1 aliphatic heterocycles. The third kappa shape index (κ3) is 5.37. The van der Waals surface area contributed by atoms with Gasteiger partial charge in [0, 0.05) is 24.2 Å². The molecule has 0 radical (unpaired) electrons. The molecule has 7 heteroatoms. The van der Waals surface area contributed by atoms with Crippen molar-refractivity contribution in [2.75, 3.05) is 30.3 Å². The smallest absolute Gasteiger partial charge is 0.231 e. The molecule has 1 aromatic rings. The minimum absolute atomic E-state index is 0.0176. The van der Waals surface area contributed by atoms with E-state index in [-0.39, 0.29) is 30.2 Å². The number of nitrogens with one attached hydrogen (secondary N) is 2. The summed E-state index contributed by atoms with van der Waals surface area (Å²) in [6.45, 7) is 3.09. The Balaban J connectivity index is 1.83. The molecule has 0 atom stereocenters. The molecule has 1 aromatic carbocycles. The van der Waals surface area contributed by atoms with Crippen molar-refractivity contribution in [2.24, 2.45) is 11.7 Å². The Bertz CT molecular complexity index is 577. The number of anilines is 2. The molecule has 23 heavy (non-hydrogen) atoms. The van der Waals surface area contributed by atoms with Crippen molar-refractivity contribution in [1.82, 2.24) is 4.90 Å². The number of amides is 3. The second-order valence-corrected chi connectivity index (χ2v) is 5.76. The maximum absolute atomic E-state index is 12.3. The van der Waals surface area contributed by atoms with E-state index in [1.165, 1.54) is 6.92 Å². The highest BCUT2D eigenvalue weighted by Gasteiger charge is 2.25. The molecule has 1 aliphatic rings. The van der Waals surface area contributed by atoms with Crippen LogP contribution in [-0.2, 0) is 14.4 Å². The first-order chi connectivity index (χ1) is 10.9. The molecule has 0 aliphatic carbocycles. The van der Waals surface area contributed by atoms with Gasteiger partial charge in [-0.3, -0.25) is 19.3 Å². The van der Waals surface area contributed by atoms with Gasteiger partial charge in [0.2, 0.25) is 17.7 Å². The van der Waals surface area contributed by atoms with Gasteiger partial charge in [-0.25, -0.2) is 0 Å². The van der Waals surface area contributed by atoms with Crippen LogP contribution in [0.25, 0.3) is 0 Å². The summed E-state index contributed by atoms with van der Waals surface area (Å²) in [5.41, 5.74) is 6.56. The summed E-state index contributed by atoms with van der Waals surface area (Å²) in [4.78, 5) is 36.1. The Morgan fingerprint density at radius 1 is 1.09 bits per heavy atom. The van der Waals surface area contributed by atoms with E-state index in [9.17, 15) is 14.4 Å². The van der Waals surface area contributed by atoms with Crippen LogP contribution in [0.2, 0.25) is 0 Å². The first-order valence-corrected chi connectivity index (χ1v) is 7.63. The van der Waals surface area contributed by atoms with Gasteiger partial charge in [0.15, 0.2) is 0 Å². The molecule has 0 saturated carbocycles. The highest BCUT2D eigenvalue weighted by atomic mass is 16.2. The van der Waals surface area contributed by atoms with E-state index in [1.807, 2.05) is 4.90 Å². The number of carbonyl (C=O) groups is 3. The van der Waals surface area contributed by atoms with Gasteiger partial charge in [-0.05, 0) is 50.2 Å². The molecule has 1 saturated heterocycles. The Kier molecular flexibility index (Phi) is 5.70. The minimum Gasteiger partial charge on any atom is -0.369 e. The van der Waals surface area contributed by atoms with E-state index >= 15 is 0 Å². The number of carbonyl (C=O) groups excluding carboxylic acids is 3. The molecule has 4 N–H and O–H groups in total. The second kappa shape index (κ2) is 7.73. The lowest BCUT2D eigenvalue weighted by atomic mass is 9.96. The average molecular weight is 318 g/mol. The molecule has 7 nitrogen and oxygen atoms in total. The zero-order valence-corrected chi connectivity index (χ0v) is 13.2. The maximum atomic E-state index is 12.3. The van der Waals surface area contributed by atoms with Crippen molar-refractivity contribution in [3.63, 3.8) is 0 Å². The van der Waals surface area contributed by atoms with Crippen molar-refractivity contribution in [1.29, 1.82) is 0 Å². The van der Waals surface area contributed by atoms with Crippen LogP contribution >= 0.6 is 0 Å². The average Bonchev–Trinajstić information content (AvgIpc) is 2.49. The van der Waals surface area contributed by atoms with Crippen molar-refractivity contribution in [3.05, 3.63) is 24.3 Å². The fraction of sp³-hybridized carbons (Fsp3) is 0.438. The molecular weight excluding hydrogens is 296 g/mol. The molecule has 0 unspecified atom stereocenters. The van der Waals surface area contributed by atoms with E-state index in [4.69, 9.17) is 5.73 Å². The number of nitrogens with two attached hydrogens (primary N) is 1. The van der Waals surface area contributed by atoms with Crippen LogP contribution in [0.15, 0.2) is 24.3 Å². The zero-order chi connectivity index (χ0) is 16.8. The van der Waals surface area contributed by atoms with Gasteiger partial charge in [-0.2, -0.15) is 0 Å². The fourth-order valence-corrected chi connectivity index (χ4v) is 2.66. The summed E-state index contributed by atoms with van der Waals surface area (Å²) >= 11 is 0. The summed E-state index contributed by atoms with van der Waals surface area (Å²) in [7, 11) is 0. The minimum atomic E-state index is -0.341. The van der Waals surface area contributed by atoms with Crippen LogP contribution in [0.4, 0.5) is 11.4 Å². The van der Waals surface area contributed by atoms with Gasteiger partial charge in [0.05, 0.1) is 6.54 Å². The van der Waals surface area contributed by atoms with Gasteiger partial charge in [0.1, 0.15) is 0 Å². The molecule has 0 aromatic heterocycles. The summed E-state index contributed by atoms with van der Waals surface area (Å²) in [6, 6.07) is 7.00. The number of hydrogen-bond donors (Lipinski definition) is 3. The lowest BCUT2D eigenvalue weighted by Crippen LogP contribution is -2.42. The number of nitrogens with zero attached hydrogens (tertiary/aromatic N) is 1. The Morgan fingerprint density at radius 3 is 2.09 bits per heavy atom. The zero-order valence-electron chi connectivity index (χ0n) is 13.2. The predicted octanol–water partition coefficient (Wildman–Crippen LogP) is 0.781. The Morgan fingerprint density at radius 2 is 1.61 bits per heavy atom. The van der Waals surface area contributed by atoms with E-state index in [0.717, 1.165) is 0 Å². The standard InChI is InChI=1S/C16H22N4O3/c1-11(21)18-13-2-4-14(5-3-13)19-16(23)12-6-8-20(9-7-12)10-15(17)22/h2-5,12H,6-10H2,1H3,(H2,17,22)(H,18,21)(H,19,23). The highest BCUT2D eigenvalue weighted by molar-refractivity contribution is 5.93. The van der Waals surface area contributed by atoms with Crippen LogP contribution in [-0.4, -0.2) is 42.3 Å². The van der Waals surface area contributed by atoms with Gasteiger partial charge >= 0.3 is 0 Å². The van der Waals surface area contributed by atoms with Crippen LogP contribution in [0.1, 0.15) is 19.8 Å². The number of primary amides is 1. The molecule has 1 fully saturated rings. The Labute approximate surface area is 135 Å². The number of rotatable bonds is 5.